The molecule has 1 aliphatic heterocycles. The van der Waals surface area contributed by atoms with Crippen LogP contribution in [-0.2, 0) is 4.74 Å². The van der Waals surface area contributed by atoms with Gasteiger partial charge in [-0.15, -0.1) is 0 Å². The van der Waals surface area contributed by atoms with E-state index in [0.29, 0.717) is 4.90 Å². The molecule has 0 saturated heterocycles. The van der Waals surface area contributed by atoms with Crippen LogP contribution < -0.4 is 11.2 Å². The van der Waals surface area contributed by atoms with Crippen LogP contribution in [0.3, 0.4) is 0 Å². The Bertz CT molecular complexity index is 1060. The molecule has 0 radical (unpaired) electrons. The minimum absolute atomic E-state index is 0.105. The van der Waals surface area contributed by atoms with Gasteiger partial charge in [-0.1, -0.05) is 12.1 Å². The number of nitrogens with one attached hydrogen (secondary N) is 1. The smallest absolute Gasteiger partial charge is 0.330 e. The highest BCUT2D eigenvalue weighted by Crippen LogP contribution is 2.49. The average Bonchev–Trinajstić information content (AvgIpc) is 2.98. The first-order valence-electron chi connectivity index (χ1n) is 7.92. The summed E-state index contributed by atoms with van der Waals surface area (Å²) in [5.74, 6) is -0.278. The van der Waals surface area contributed by atoms with Gasteiger partial charge >= 0.3 is 5.69 Å². The Labute approximate surface area is 165 Å². The monoisotopic (exact) mass is 425 g/mol. The van der Waals surface area contributed by atoms with Gasteiger partial charge in [-0.2, -0.15) is 0 Å². The Hall–Kier alpha value is -2.54. The molecule has 0 aliphatic carbocycles. The maximum absolute atomic E-state index is 12.2. The number of aryl methyl sites for hydroxylation is 1. The number of aliphatic hydroxyl groups excluding tert-OH is 2. The Balaban J connectivity index is 1.96. The standard InChI is InChI=1S/C16H15N3O7S2/c1-8-6-18(16(23)17-14(8)22)15-13(12(21)10(7-20)26-15)28-27-11-5-3-2-4-9(11)19(24)25/h2-6,10,15,20-21H,7H2,1H3,(H,17,22,23)/t10-,15-/m1/s1. The minimum Gasteiger partial charge on any atom is -0.508 e. The van der Waals surface area contributed by atoms with Crippen molar-refractivity contribution < 1.29 is 19.9 Å². The number of nitrogens with zero attached hydrogens (tertiary/aromatic N) is 2. The molecule has 0 unspecified atom stereocenters. The zero-order valence-corrected chi connectivity index (χ0v) is 16.0. The largest absolute Gasteiger partial charge is 0.508 e. The molecule has 3 rings (SSSR count). The lowest BCUT2D eigenvalue weighted by atomic mass is 10.3. The second kappa shape index (κ2) is 8.22. The molecule has 2 atom stereocenters. The van der Waals surface area contributed by atoms with Crippen LogP contribution in [0.4, 0.5) is 5.69 Å². The average molecular weight is 425 g/mol. The highest BCUT2D eigenvalue weighted by Gasteiger charge is 2.37. The Morgan fingerprint density at radius 3 is 2.71 bits per heavy atom. The number of H-pyrrole nitrogens is 1. The van der Waals surface area contributed by atoms with Crippen LogP contribution in [0, 0.1) is 17.0 Å². The summed E-state index contributed by atoms with van der Waals surface area (Å²) in [5, 5.41) is 31.0. The number of rotatable bonds is 6. The van der Waals surface area contributed by atoms with Crippen molar-refractivity contribution >= 4 is 27.3 Å². The van der Waals surface area contributed by atoms with Crippen LogP contribution in [0.25, 0.3) is 0 Å². The molecule has 0 spiro atoms. The summed E-state index contributed by atoms with van der Waals surface area (Å²) < 4.78 is 6.65. The third-order valence-corrected chi connectivity index (χ3v) is 6.45. The van der Waals surface area contributed by atoms with Gasteiger partial charge in [-0.05, 0) is 34.6 Å². The molecule has 2 heterocycles. The summed E-state index contributed by atoms with van der Waals surface area (Å²) in [4.78, 5) is 37.1. The van der Waals surface area contributed by atoms with Crippen molar-refractivity contribution in [3.63, 3.8) is 0 Å². The normalized spacial score (nSPS) is 19.2. The van der Waals surface area contributed by atoms with Crippen molar-refractivity contribution in [1.82, 2.24) is 9.55 Å². The summed E-state index contributed by atoms with van der Waals surface area (Å²) in [7, 11) is 1.98. The number of aromatic nitrogens is 2. The number of nitro groups is 1. The fraction of sp³-hybridized carbons (Fsp3) is 0.250. The van der Waals surface area contributed by atoms with Crippen molar-refractivity contribution in [1.29, 1.82) is 0 Å². The Morgan fingerprint density at radius 1 is 1.32 bits per heavy atom. The first kappa shape index (κ1) is 20.2. The number of ether oxygens (including phenoxy) is 1. The van der Waals surface area contributed by atoms with Crippen LogP contribution >= 0.6 is 21.6 Å². The molecule has 3 N–H and O–H groups in total. The van der Waals surface area contributed by atoms with Crippen molar-refractivity contribution in [2.24, 2.45) is 0 Å². The lowest BCUT2D eigenvalue weighted by molar-refractivity contribution is -0.387. The van der Waals surface area contributed by atoms with E-state index in [9.17, 15) is 29.9 Å². The van der Waals surface area contributed by atoms with Crippen LogP contribution in [-0.4, -0.2) is 37.4 Å². The molecule has 2 aromatic rings. The van der Waals surface area contributed by atoms with Gasteiger partial charge in [0.25, 0.3) is 11.2 Å². The Kier molecular flexibility index (Phi) is 5.93. The predicted molar refractivity (Wildman–Crippen MR) is 103 cm³/mol. The Morgan fingerprint density at radius 2 is 2.04 bits per heavy atom. The number of para-hydroxylation sites is 1. The number of benzene rings is 1. The zero-order valence-electron chi connectivity index (χ0n) is 14.4. The first-order chi connectivity index (χ1) is 13.3. The summed E-state index contributed by atoms with van der Waals surface area (Å²) >= 11 is 0. The zero-order chi connectivity index (χ0) is 20.4. The van der Waals surface area contributed by atoms with E-state index < -0.39 is 35.1 Å². The topological polar surface area (TPSA) is 148 Å². The summed E-state index contributed by atoms with van der Waals surface area (Å²) in [6.45, 7) is 0.978. The van der Waals surface area contributed by atoms with Crippen molar-refractivity contribution in [2.75, 3.05) is 6.61 Å². The van der Waals surface area contributed by atoms with Gasteiger partial charge in [0.15, 0.2) is 6.23 Å². The third-order valence-electron chi connectivity index (χ3n) is 3.92. The second-order valence-electron chi connectivity index (χ2n) is 5.78. The third kappa shape index (κ3) is 3.85. The fourth-order valence-electron chi connectivity index (χ4n) is 2.50. The van der Waals surface area contributed by atoms with Crippen LogP contribution in [0.15, 0.2) is 55.6 Å². The van der Waals surface area contributed by atoms with Crippen LogP contribution in [0.1, 0.15) is 11.8 Å². The summed E-state index contributed by atoms with van der Waals surface area (Å²) in [6.07, 6.45) is -0.867. The van der Waals surface area contributed by atoms with Gasteiger partial charge in [0, 0.05) is 17.8 Å². The molecule has 0 fully saturated rings. The van der Waals surface area contributed by atoms with E-state index in [1.807, 2.05) is 0 Å². The van der Waals surface area contributed by atoms with Crippen LogP contribution in [0.2, 0.25) is 0 Å². The molecule has 1 aromatic heterocycles. The van der Waals surface area contributed by atoms with E-state index >= 15 is 0 Å². The SMILES string of the molecule is Cc1cn([C@@H]2O[C@H](CO)C(O)=C2SSc2ccccc2[N+](=O)[O-])c(=O)[nH]c1=O. The number of hydrogen-bond acceptors (Lipinski definition) is 9. The predicted octanol–water partition coefficient (Wildman–Crippen LogP) is 1.85. The molecule has 10 nitrogen and oxygen atoms in total. The molecule has 1 aromatic carbocycles. The van der Waals surface area contributed by atoms with E-state index in [1.54, 1.807) is 12.1 Å². The summed E-state index contributed by atoms with van der Waals surface area (Å²) in [5.41, 5.74) is -1.15. The van der Waals surface area contributed by atoms with E-state index in [2.05, 4.69) is 4.98 Å². The van der Waals surface area contributed by atoms with Gasteiger partial charge in [0.1, 0.15) is 11.9 Å². The van der Waals surface area contributed by atoms with Crippen molar-refractivity contribution in [3.8, 4) is 0 Å². The van der Waals surface area contributed by atoms with Crippen molar-refractivity contribution in [2.45, 2.75) is 24.2 Å². The number of aliphatic hydroxyl groups is 2. The quantitative estimate of drug-likeness (QED) is 0.358. The van der Waals surface area contributed by atoms with Gasteiger partial charge < -0.3 is 14.9 Å². The van der Waals surface area contributed by atoms with E-state index in [-0.39, 0.29) is 21.9 Å². The van der Waals surface area contributed by atoms with Crippen LogP contribution in [0.5, 0.6) is 0 Å². The molecule has 28 heavy (non-hydrogen) atoms. The molecule has 0 bridgehead atoms. The molecule has 0 amide bonds. The molecular weight excluding hydrogens is 410 g/mol. The van der Waals surface area contributed by atoms with Crippen molar-refractivity contribution in [3.05, 3.63) is 77.6 Å². The fourth-order valence-corrected chi connectivity index (χ4v) is 4.98. The number of nitro benzene ring substituents is 1. The number of aromatic amines is 1. The lowest BCUT2D eigenvalue weighted by Crippen LogP contribution is -2.34. The maximum atomic E-state index is 12.2. The molecular formula is C16H15N3O7S2. The highest BCUT2D eigenvalue weighted by atomic mass is 33.1. The van der Waals surface area contributed by atoms with E-state index in [4.69, 9.17) is 4.74 Å². The van der Waals surface area contributed by atoms with Gasteiger partial charge in [0.05, 0.1) is 21.3 Å². The van der Waals surface area contributed by atoms with Gasteiger partial charge in [-0.25, -0.2) is 4.79 Å². The maximum Gasteiger partial charge on any atom is 0.330 e. The lowest BCUT2D eigenvalue weighted by Gasteiger charge is -2.17. The first-order valence-corrected chi connectivity index (χ1v) is 10.1. The second-order valence-corrected chi connectivity index (χ2v) is 7.99. The van der Waals surface area contributed by atoms with E-state index in [0.717, 1.165) is 26.2 Å². The number of hydrogen-bond donors (Lipinski definition) is 3. The van der Waals surface area contributed by atoms with Gasteiger partial charge in [0.2, 0.25) is 0 Å². The molecule has 148 valence electrons. The molecule has 12 heteroatoms. The van der Waals surface area contributed by atoms with E-state index in [1.165, 1.54) is 25.3 Å². The van der Waals surface area contributed by atoms with Gasteiger partial charge in [-0.3, -0.25) is 24.5 Å². The molecule has 0 saturated carbocycles. The summed E-state index contributed by atoms with van der Waals surface area (Å²) in [6, 6.07) is 6.08. The molecule has 1 aliphatic rings. The minimum atomic E-state index is -1.10. The highest BCUT2D eigenvalue weighted by molar-refractivity contribution is 8.78.